The summed E-state index contributed by atoms with van der Waals surface area (Å²) in [6, 6.07) is 9.44. The van der Waals surface area contributed by atoms with Gasteiger partial charge < -0.3 is 15.6 Å². The molecule has 0 aliphatic rings. The Kier molecular flexibility index (Phi) is 5.72. The zero-order chi connectivity index (χ0) is 15.9. The van der Waals surface area contributed by atoms with E-state index in [0.29, 0.717) is 18.9 Å². The van der Waals surface area contributed by atoms with E-state index >= 15 is 0 Å². The minimum atomic E-state index is -0.257. The van der Waals surface area contributed by atoms with Crippen molar-refractivity contribution in [1.82, 2.24) is 14.9 Å². The molecule has 5 nitrogen and oxygen atoms in total. The third-order valence-electron chi connectivity index (χ3n) is 3.71. The van der Waals surface area contributed by atoms with E-state index < -0.39 is 0 Å². The average Bonchev–Trinajstić information content (AvgIpc) is 2.91. The predicted molar refractivity (Wildman–Crippen MR) is 87.1 cm³/mol. The molecular formula is C17H24N4O. The first-order valence-electron chi connectivity index (χ1n) is 7.61. The maximum atomic E-state index is 12.0. The van der Waals surface area contributed by atoms with Gasteiger partial charge in [-0.05, 0) is 18.4 Å². The van der Waals surface area contributed by atoms with E-state index in [-0.39, 0.29) is 11.9 Å². The number of aryl methyl sites for hydroxylation is 1. The molecule has 0 spiro atoms. The molecule has 0 fully saturated rings. The van der Waals surface area contributed by atoms with E-state index in [1.165, 1.54) is 0 Å². The summed E-state index contributed by atoms with van der Waals surface area (Å²) in [5.74, 6) is 1.32. The van der Waals surface area contributed by atoms with Crippen molar-refractivity contribution in [2.75, 3.05) is 6.54 Å². The molecule has 0 saturated heterocycles. The molecule has 1 aromatic heterocycles. The van der Waals surface area contributed by atoms with Crippen LogP contribution >= 0.6 is 0 Å². The number of carbonyl (C=O) groups is 1. The van der Waals surface area contributed by atoms with E-state index in [4.69, 9.17) is 5.73 Å². The molecule has 2 aromatic rings. The van der Waals surface area contributed by atoms with Crippen molar-refractivity contribution in [1.29, 1.82) is 0 Å². The summed E-state index contributed by atoms with van der Waals surface area (Å²) in [5.41, 5.74) is 7.04. The predicted octanol–water partition coefficient (Wildman–Crippen LogP) is 2.03. The van der Waals surface area contributed by atoms with Crippen LogP contribution in [-0.4, -0.2) is 22.0 Å². The number of amides is 1. The van der Waals surface area contributed by atoms with Crippen molar-refractivity contribution < 1.29 is 4.79 Å². The number of carbonyl (C=O) groups excluding carboxylic acids is 1. The molecule has 3 N–H and O–H groups in total. The summed E-state index contributed by atoms with van der Waals surface area (Å²) >= 11 is 0. The van der Waals surface area contributed by atoms with E-state index in [2.05, 4.69) is 21.8 Å². The molecule has 0 saturated carbocycles. The van der Waals surface area contributed by atoms with Gasteiger partial charge in [-0.25, -0.2) is 4.98 Å². The molecule has 22 heavy (non-hydrogen) atoms. The Balaban J connectivity index is 1.74. The van der Waals surface area contributed by atoms with Gasteiger partial charge in [-0.15, -0.1) is 0 Å². The Labute approximate surface area is 131 Å². The van der Waals surface area contributed by atoms with Crippen LogP contribution in [0.2, 0.25) is 0 Å². The molecule has 0 aliphatic heterocycles. The number of rotatable bonds is 7. The normalized spacial score (nSPS) is 13.6. The smallest absolute Gasteiger partial charge is 0.221 e. The molecule has 1 heterocycles. The van der Waals surface area contributed by atoms with Gasteiger partial charge in [0.1, 0.15) is 5.82 Å². The van der Waals surface area contributed by atoms with Crippen LogP contribution in [-0.2, 0) is 11.3 Å². The Morgan fingerprint density at radius 2 is 2.09 bits per heavy atom. The number of benzene rings is 1. The summed E-state index contributed by atoms with van der Waals surface area (Å²) in [6.45, 7) is 5.57. The first-order chi connectivity index (χ1) is 10.6. The molecule has 0 aliphatic carbocycles. The van der Waals surface area contributed by atoms with Crippen LogP contribution in [0.5, 0.6) is 0 Å². The number of nitrogens with two attached hydrogens (primary N) is 1. The average molecular weight is 300 g/mol. The van der Waals surface area contributed by atoms with Crippen molar-refractivity contribution >= 4 is 5.91 Å². The Bertz CT molecular complexity index is 594. The zero-order valence-electron chi connectivity index (χ0n) is 13.2. The standard InChI is InChI=1S/C17H24N4O/c1-13(12-21-9-8-19-14(21)2)11-20-17(22)10-16(18)15-6-4-3-5-7-15/h3-9,13,16H,10-12,18H2,1-2H3,(H,20,22). The van der Waals surface area contributed by atoms with Gasteiger partial charge in [-0.2, -0.15) is 0 Å². The quantitative estimate of drug-likeness (QED) is 0.822. The molecular weight excluding hydrogens is 276 g/mol. The van der Waals surface area contributed by atoms with Crippen LogP contribution in [0, 0.1) is 12.8 Å². The van der Waals surface area contributed by atoms with Crippen molar-refractivity contribution in [2.24, 2.45) is 11.7 Å². The van der Waals surface area contributed by atoms with Crippen LogP contribution in [0.15, 0.2) is 42.7 Å². The molecule has 1 amide bonds. The van der Waals surface area contributed by atoms with Crippen LogP contribution in [0.1, 0.15) is 30.8 Å². The Morgan fingerprint density at radius 1 is 1.36 bits per heavy atom. The third-order valence-corrected chi connectivity index (χ3v) is 3.71. The third kappa shape index (κ3) is 4.70. The van der Waals surface area contributed by atoms with Crippen LogP contribution < -0.4 is 11.1 Å². The van der Waals surface area contributed by atoms with Gasteiger partial charge in [-0.1, -0.05) is 37.3 Å². The lowest BCUT2D eigenvalue weighted by atomic mass is 10.0. The topological polar surface area (TPSA) is 72.9 Å². The van der Waals surface area contributed by atoms with Gasteiger partial charge in [0.25, 0.3) is 0 Å². The number of hydrogen-bond acceptors (Lipinski definition) is 3. The summed E-state index contributed by atoms with van der Waals surface area (Å²) in [5, 5.41) is 2.96. The van der Waals surface area contributed by atoms with Crippen molar-refractivity contribution in [3.05, 3.63) is 54.1 Å². The highest BCUT2D eigenvalue weighted by Gasteiger charge is 2.12. The second kappa shape index (κ2) is 7.75. The maximum absolute atomic E-state index is 12.0. The molecule has 2 rings (SSSR count). The first kappa shape index (κ1) is 16.2. The number of nitrogens with one attached hydrogen (secondary N) is 1. The van der Waals surface area contributed by atoms with Gasteiger partial charge in [0.05, 0.1) is 0 Å². The summed E-state index contributed by atoms with van der Waals surface area (Å²) in [6.07, 6.45) is 4.05. The zero-order valence-corrected chi connectivity index (χ0v) is 13.2. The van der Waals surface area contributed by atoms with Crippen LogP contribution in [0.3, 0.4) is 0 Å². The van der Waals surface area contributed by atoms with Gasteiger partial charge in [-0.3, -0.25) is 4.79 Å². The van der Waals surface area contributed by atoms with Gasteiger partial charge in [0, 0.05) is 37.9 Å². The summed E-state index contributed by atoms with van der Waals surface area (Å²) in [4.78, 5) is 16.2. The lowest BCUT2D eigenvalue weighted by Crippen LogP contribution is -2.32. The van der Waals surface area contributed by atoms with E-state index in [9.17, 15) is 4.79 Å². The van der Waals surface area contributed by atoms with Crippen LogP contribution in [0.4, 0.5) is 0 Å². The second-order valence-electron chi connectivity index (χ2n) is 5.76. The number of imidazole rings is 1. The highest BCUT2D eigenvalue weighted by Crippen LogP contribution is 2.13. The van der Waals surface area contributed by atoms with Gasteiger partial charge >= 0.3 is 0 Å². The Hall–Kier alpha value is -2.14. The maximum Gasteiger partial charge on any atom is 0.221 e. The van der Waals surface area contributed by atoms with Crippen molar-refractivity contribution in [3.8, 4) is 0 Å². The van der Waals surface area contributed by atoms with Crippen LogP contribution in [0.25, 0.3) is 0 Å². The fraction of sp³-hybridized carbons (Fsp3) is 0.412. The monoisotopic (exact) mass is 300 g/mol. The molecule has 5 heteroatoms. The summed E-state index contributed by atoms with van der Waals surface area (Å²) < 4.78 is 2.09. The molecule has 2 unspecified atom stereocenters. The van der Waals surface area contributed by atoms with Crippen molar-refractivity contribution in [2.45, 2.75) is 32.9 Å². The lowest BCUT2D eigenvalue weighted by Gasteiger charge is -2.16. The van der Waals surface area contributed by atoms with E-state index in [1.54, 1.807) is 6.20 Å². The summed E-state index contributed by atoms with van der Waals surface area (Å²) in [7, 11) is 0. The fourth-order valence-electron chi connectivity index (χ4n) is 2.38. The largest absolute Gasteiger partial charge is 0.356 e. The number of aromatic nitrogens is 2. The molecule has 0 radical (unpaired) electrons. The second-order valence-corrected chi connectivity index (χ2v) is 5.76. The fourth-order valence-corrected chi connectivity index (χ4v) is 2.38. The SMILES string of the molecule is Cc1nccn1CC(C)CNC(=O)CC(N)c1ccccc1. The van der Waals surface area contributed by atoms with Crippen molar-refractivity contribution in [3.63, 3.8) is 0 Å². The highest BCUT2D eigenvalue weighted by molar-refractivity contribution is 5.76. The van der Waals surface area contributed by atoms with E-state index in [1.807, 2.05) is 43.5 Å². The minimum absolute atomic E-state index is 0.00874. The number of nitrogens with zero attached hydrogens (tertiary/aromatic N) is 2. The molecule has 2 atom stereocenters. The first-order valence-corrected chi connectivity index (χ1v) is 7.61. The van der Waals surface area contributed by atoms with E-state index in [0.717, 1.165) is 17.9 Å². The minimum Gasteiger partial charge on any atom is -0.356 e. The highest BCUT2D eigenvalue weighted by atomic mass is 16.1. The lowest BCUT2D eigenvalue weighted by molar-refractivity contribution is -0.121. The molecule has 1 aromatic carbocycles. The van der Waals surface area contributed by atoms with Gasteiger partial charge in [0.15, 0.2) is 0 Å². The molecule has 0 bridgehead atoms. The molecule has 118 valence electrons. The van der Waals surface area contributed by atoms with Gasteiger partial charge in [0.2, 0.25) is 5.91 Å². The number of hydrogen-bond donors (Lipinski definition) is 2. The Morgan fingerprint density at radius 3 is 2.73 bits per heavy atom.